The molecule has 5 heteroatoms. The first-order valence-electron chi connectivity index (χ1n) is 8.80. The van der Waals surface area contributed by atoms with Crippen LogP contribution in [0, 0.1) is 11.7 Å². The van der Waals surface area contributed by atoms with E-state index in [9.17, 15) is 14.0 Å². The Kier molecular flexibility index (Phi) is 4.88. The summed E-state index contributed by atoms with van der Waals surface area (Å²) in [7, 11) is 1.75. The van der Waals surface area contributed by atoms with Gasteiger partial charge >= 0.3 is 0 Å². The van der Waals surface area contributed by atoms with Crippen molar-refractivity contribution in [1.82, 2.24) is 9.80 Å². The molecule has 24 heavy (non-hydrogen) atoms. The molecule has 3 rings (SSSR count). The van der Waals surface area contributed by atoms with E-state index in [-0.39, 0.29) is 35.6 Å². The maximum atomic E-state index is 13.3. The number of nitrogens with zero attached hydrogens (tertiary/aromatic N) is 2. The highest BCUT2D eigenvalue weighted by molar-refractivity contribution is 5.85. The number of hydrogen-bond acceptors (Lipinski definition) is 2. The van der Waals surface area contributed by atoms with Crippen LogP contribution < -0.4 is 0 Å². The largest absolute Gasteiger partial charge is 0.340 e. The summed E-state index contributed by atoms with van der Waals surface area (Å²) < 4.78 is 13.3. The Morgan fingerprint density at radius 1 is 1.17 bits per heavy atom. The maximum absolute atomic E-state index is 13.3. The molecule has 2 aliphatic rings. The summed E-state index contributed by atoms with van der Waals surface area (Å²) in [5, 5.41) is 0. The second-order valence-electron chi connectivity index (χ2n) is 7.02. The van der Waals surface area contributed by atoms with Crippen LogP contribution in [0.15, 0.2) is 24.3 Å². The van der Waals surface area contributed by atoms with Gasteiger partial charge in [0.1, 0.15) is 5.82 Å². The monoisotopic (exact) mass is 332 g/mol. The molecule has 2 fully saturated rings. The van der Waals surface area contributed by atoms with Crippen LogP contribution in [0.2, 0.25) is 0 Å². The zero-order valence-electron chi connectivity index (χ0n) is 14.4. The highest BCUT2D eigenvalue weighted by Gasteiger charge is 2.41. The fraction of sp³-hybridized carbons (Fsp3) is 0.579. The molecule has 0 N–H and O–H groups in total. The number of likely N-dealkylation sites (tertiary alicyclic amines) is 2. The van der Waals surface area contributed by atoms with Crippen LogP contribution in [0.5, 0.6) is 0 Å². The van der Waals surface area contributed by atoms with E-state index in [1.54, 1.807) is 24.1 Å². The average molecular weight is 332 g/mol. The standard InChI is InChI=1S/C19H25FN2O2/c1-13-5-3-4-12-22(13)19(24)16-10-11-17(23)21(2)18(16)14-6-8-15(20)9-7-14/h6-9,13,16,18H,3-5,10-12H2,1-2H3. The molecule has 1 aromatic carbocycles. The minimum Gasteiger partial charge on any atom is -0.340 e. The molecule has 3 unspecified atom stereocenters. The van der Waals surface area contributed by atoms with Crippen molar-refractivity contribution in [3.8, 4) is 0 Å². The first kappa shape index (κ1) is 16.9. The number of carbonyl (C=O) groups is 2. The van der Waals surface area contributed by atoms with Gasteiger partial charge in [-0.15, -0.1) is 0 Å². The van der Waals surface area contributed by atoms with Crippen molar-refractivity contribution in [1.29, 1.82) is 0 Å². The number of hydrogen-bond donors (Lipinski definition) is 0. The molecule has 0 spiro atoms. The van der Waals surface area contributed by atoms with Crippen molar-refractivity contribution in [3.63, 3.8) is 0 Å². The number of rotatable bonds is 2. The first-order valence-corrected chi connectivity index (χ1v) is 8.80. The molecule has 2 heterocycles. The SMILES string of the molecule is CC1CCCCN1C(=O)C1CCC(=O)N(C)C1c1ccc(F)cc1. The average Bonchev–Trinajstić information content (AvgIpc) is 2.58. The Labute approximate surface area is 142 Å². The Morgan fingerprint density at radius 3 is 2.54 bits per heavy atom. The second-order valence-corrected chi connectivity index (χ2v) is 7.02. The lowest BCUT2D eigenvalue weighted by Gasteiger charge is -2.43. The van der Waals surface area contributed by atoms with Crippen LogP contribution in [0.4, 0.5) is 4.39 Å². The van der Waals surface area contributed by atoms with Gasteiger partial charge in [-0.05, 0) is 50.3 Å². The van der Waals surface area contributed by atoms with Crippen LogP contribution in [0.3, 0.4) is 0 Å². The molecule has 4 nitrogen and oxygen atoms in total. The highest BCUT2D eigenvalue weighted by atomic mass is 19.1. The van der Waals surface area contributed by atoms with Crippen molar-refractivity contribution in [2.45, 2.75) is 51.1 Å². The van der Waals surface area contributed by atoms with E-state index in [0.29, 0.717) is 12.8 Å². The fourth-order valence-electron chi connectivity index (χ4n) is 4.05. The molecule has 130 valence electrons. The van der Waals surface area contributed by atoms with Crippen molar-refractivity contribution >= 4 is 11.8 Å². The number of piperidine rings is 2. The lowest BCUT2D eigenvalue weighted by atomic mass is 9.83. The summed E-state index contributed by atoms with van der Waals surface area (Å²) >= 11 is 0. The van der Waals surface area contributed by atoms with Crippen molar-refractivity contribution in [2.75, 3.05) is 13.6 Å². The molecule has 0 saturated carbocycles. The molecule has 0 bridgehead atoms. The van der Waals surface area contributed by atoms with Crippen LogP contribution in [-0.2, 0) is 9.59 Å². The van der Waals surface area contributed by atoms with E-state index in [1.165, 1.54) is 12.1 Å². The lowest BCUT2D eigenvalue weighted by Crippen LogP contribution is -2.51. The Morgan fingerprint density at radius 2 is 1.88 bits per heavy atom. The van der Waals surface area contributed by atoms with Crippen LogP contribution in [-0.4, -0.2) is 41.2 Å². The zero-order valence-corrected chi connectivity index (χ0v) is 14.4. The summed E-state index contributed by atoms with van der Waals surface area (Å²) in [6.07, 6.45) is 4.20. The van der Waals surface area contributed by atoms with E-state index in [0.717, 1.165) is 31.4 Å². The number of amides is 2. The third kappa shape index (κ3) is 3.17. The zero-order chi connectivity index (χ0) is 17.3. The van der Waals surface area contributed by atoms with E-state index >= 15 is 0 Å². The summed E-state index contributed by atoms with van der Waals surface area (Å²) in [6.45, 7) is 2.89. The topological polar surface area (TPSA) is 40.6 Å². The van der Waals surface area contributed by atoms with Crippen molar-refractivity contribution in [3.05, 3.63) is 35.6 Å². The first-order chi connectivity index (χ1) is 11.5. The summed E-state index contributed by atoms with van der Waals surface area (Å²) in [4.78, 5) is 29.0. The predicted octanol–water partition coefficient (Wildman–Crippen LogP) is 3.14. The number of halogens is 1. The van der Waals surface area contributed by atoms with E-state index in [2.05, 4.69) is 6.92 Å². The van der Waals surface area contributed by atoms with Gasteiger partial charge in [-0.1, -0.05) is 12.1 Å². The third-order valence-electron chi connectivity index (χ3n) is 5.48. The van der Waals surface area contributed by atoms with Crippen LogP contribution in [0.1, 0.15) is 50.6 Å². The fourth-order valence-corrected chi connectivity index (χ4v) is 4.05. The van der Waals surface area contributed by atoms with Gasteiger partial charge in [-0.25, -0.2) is 4.39 Å². The summed E-state index contributed by atoms with van der Waals surface area (Å²) in [5.41, 5.74) is 0.829. The summed E-state index contributed by atoms with van der Waals surface area (Å²) in [6, 6.07) is 6.11. The molecule has 3 atom stereocenters. The quantitative estimate of drug-likeness (QED) is 0.835. The van der Waals surface area contributed by atoms with Crippen molar-refractivity contribution < 1.29 is 14.0 Å². The van der Waals surface area contributed by atoms with Crippen LogP contribution in [0.25, 0.3) is 0 Å². The number of benzene rings is 1. The maximum Gasteiger partial charge on any atom is 0.228 e. The third-order valence-corrected chi connectivity index (χ3v) is 5.48. The smallest absolute Gasteiger partial charge is 0.228 e. The minimum atomic E-state index is -0.312. The molecule has 2 saturated heterocycles. The van der Waals surface area contributed by atoms with Gasteiger partial charge in [-0.3, -0.25) is 9.59 Å². The Hall–Kier alpha value is -1.91. The highest BCUT2D eigenvalue weighted by Crippen LogP contribution is 2.37. The summed E-state index contributed by atoms with van der Waals surface area (Å²) in [5.74, 6) is -0.384. The lowest BCUT2D eigenvalue weighted by molar-refractivity contribution is -0.148. The Bertz CT molecular complexity index is 616. The van der Waals surface area contributed by atoms with Crippen LogP contribution >= 0.6 is 0 Å². The minimum absolute atomic E-state index is 0.0417. The molecule has 1 aromatic rings. The predicted molar refractivity (Wildman–Crippen MR) is 89.7 cm³/mol. The second kappa shape index (κ2) is 6.91. The van der Waals surface area contributed by atoms with E-state index in [4.69, 9.17) is 0 Å². The molecule has 0 radical (unpaired) electrons. The van der Waals surface area contributed by atoms with Gasteiger partial charge in [-0.2, -0.15) is 0 Å². The van der Waals surface area contributed by atoms with Gasteiger partial charge in [0.2, 0.25) is 11.8 Å². The molecule has 0 aliphatic carbocycles. The normalized spacial score (nSPS) is 28.1. The van der Waals surface area contributed by atoms with Gasteiger partial charge in [0, 0.05) is 26.1 Å². The Balaban J connectivity index is 1.89. The molecule has 0 aromatic heterocycles. The molecular formula is C19H25FN2O2. The number of carbonyl (C=O) groups excluding carboxylic acids is 2. The van der Waals surface area contributed by atoms with Crippen molar-refractivity contribution in [2.24, 2.45) is 5.92 Å². The van der Waals surface area contributed by atoms with Gasteiger partial charge < -0.3 is 9.80 Å². The van der Waals surface area contributed by atoms with Gasteiger partial charge in [0.15, 0.2) is 0 Å². The van der Waals surface area contributed by atoms with E-state index < -0.39 is 0 Å². The molecule has 2 amide bonds. The van der Waals surface area contributed by atoms with Gasteiger partial charge in [0.25, 0.3) is 0 Å². The molecular weight excluding hydrogens is 307 g/mol. The van der Waals surface area contributed by atoms with E-state index in [1.807, 2.05) is 4.90 Å². The molecule has 2 aliphatic heterocycles. The van der Waals surface area contributed by atoms with Gasteiger partial charge in [0.05, 0.1) is 12.0 Å².